The zero-order chi connectivity index (χ0) is 19.8. The summed E-state index contributed by atoms with van der Waals surface area (Å²) >= 11 is 0. The Morgan fingerprint density at radius 2 is 2.21 bits per heavy atom. The highest BCUT2D eigenvalue weighted by molar-refractivity contribution is 6.12. The Labute approximate surface area is 162 Å². The molecule has 3 aromatic heterocycles. The van der Waals surface area contributed by atoms with Gasteiger partial charge < -0.3 is 15.8 Å². The number of carbonyl (C=O) groups excluding carboxylic acids is 1. The number of hydrogen-bond donors (Lipinski definition) is 2. The number of amides is 1. The van der Waals surface area contributed by atoms with Gasteiger partial charge in [0.2, 0.25) is 0 Å². The van der Waals surface area contributed by atoms with Crippen molar-refractivity contribution in [1.29, 1.82) is 0 Å². The minimum Gasteiger partial charge on any atom is -0.494 e. The van der Waals surface area contributed by atoms with Gasteiger partial charge in [-0.05, 0) is 13.8 Å². The van der Waals surface area contributed by atoms with Crippen LogP contribution in [-0.4, -0.2) is 50.1 Å². The molecule has 3 aromatic rings. The number of aromatic nitrogens is 4. The molecule has 0 aromatic carbocycles. The Bertz CT molecular complexity index is 1040. The van der Waals surface area contributed by atoms with Crippen LogP contribution in [0.3, 0.4) is 0 Å². The molecule has 0 bridgehead atoms. The van der Waals surface area contributed by atoms with Crippen LogP contribution >= 0.6 is 0 Å². The Hall–Kier alpha value is -3.20. The molecule has 0 fully saturated rings. The van der Waals surface area contributed by atoms with Crippen molar-refractivity contribution in [3.8, 4) is 5.75 Å². The van der Waals surface area contributed by atoms with Crippen molar-refractivity contribution in [2.24, 2.45) is 0 Å². The van der Waals surface area contributed by atoms with Crippen molar-refractivity contribution in [2.45, 2.75) is 32.9 Å². The minimum atomic E-state index is -0.397. The molecule has 1 aliphatic heterocycles. The number of ether oxygens (including phenoxy) is 1. The standard InChI is InChI=1S/C19H23N7O2/c1-11(2)25-7-5-13-12(9-25)10-26-18(22-13)16(17(20)24-26)19(27)23-14-8-21-6-4-15(14)28-3/h4,6,8,10-11H,5,7,9H2,1-3H3,(H2,20,24)(H,23,27). The fourth-order valence-corrected chi connectivity index (χ4v) is 3.45. The number of nitrogens with zero attached hydrogens (tertiary/aromatic N) is 5. The number of hydrogen-bond acceptors (Lipinski definition) is 7. The molecule has 9 heteroatoms. The highest BCUT2D eigenvalue weighted by Crippen LogP contribution is 2.26. The lowest BCUT2D eigenvalue weighted by Gasteiger charge is -2.31. The molecule has 3 N–H and O–H groups in total. The molecule has 1 aliphatic rings. The Kier molecular flexibility index (Phi) is 4.60. The van der Waals surface area contributed by atoms with E-state index >= 15 is 0 Å². The molecule has 0 saturated carbocycles. The Morgan fingerprint density at radius 1 is 1.39 bits per heavy atom. The van der Waals surface area contributed by atoms with E-state index in [1.165, 1.54) is 13.3 Å². The summed E-state index contributed by atoms with van der Waals surface area (Å²) in [6.07, 6.45) is 5.86. The highest BCUT2D eigenvalue weighted by atomic mass is 16.5. The number of fused-ring (bicyclic) bond motifs is 2. The number of rotatable bonds is 4. The maximum atomic E-state index is 12.9. The van der Waals surface area contributed by atoms with Crippen molar-refractivity contribution in [2.75, 3.05) is 24.7 Å². The van der Waals surface area contributed by atoms with Crippen LogP contribution in [0.2, 0.25) is 0 Å². The molecule has 0 spiro atoms. The molecular weight excluding hydrogens is 358 g/mol. The van der Waals surface area contributed by atoms with E-state index in [0.717, 1.165) is 30.8 Å². The van der Waals surface area contributed by atoms with Crippen LogP contribution in [0.1, 0.15) is 35.5 Å². The summed E-state index contributed by atoms with van der Waals surface area (Å²) in [6, 6.07) is 2.13. The second kappa shape index (κ2) is 7.08. The molecule has 0 atom stereocenters. The smallest absolute Gasteiger partial charge is 0.263 e. The third-order valence-electron chi connectivity index (χ3n) is 5.02. The van der Waals surface area contributed by atoms with Gasteiger partial charge in [-0.1, -0.05) is 0 Å². The number of nitrogens with two attached hydrogens (primary N) is 1. The van der Waals surface area contributed by atoms with Gasteiger partial charge in [-0.3, -0.25) is 14.7 Å². The van der Waals surface area contributed by atoms with Gasteiger partial charge in [0.25, 0.3) is 5.91 Å². The Morgan fingerprint density at radius 3 is 2.96 bits per heavy atom. The monoisotopic (exact) mass is 381 g/mol. The number of methoxy groups -OCH3 is 1. The SMILES string of the molecule is COc1ccncc1NC(=O)c1c(N)nn2cc3c(nc12)CCN(C(C)C)C3. The number of anilines is 2. The van der Waals surface area contributed by atoms with E-state index in [4.69, 9.17) is 15.5 Å². The average Bonchev–Trinajstić information content (AvgIpc) is 3.00. The van der Waals surface area contributed by atoms with Crippen molar-refractivity contribution in [1.82, 2.24) is 24.5 Å². The maximum Gasteiger partial charge on any atom is 0.263 e. The zero-order valence-electron chi connectivity index (χ0n) is 16.1. The predicted molar refractivity (Wildman–Crippen MR) is 105 cm³/mol. The van der Waals surface area contributed by atoms with Crippen LogP contribution < -0.4 is 15.8 Å². The predicted octanol–water partition coefficient (Wildman–Crippen LogP) is 1.73. The molecule has 4 rings (SSSR count). The van der Waals surface area contributed by atoms with Crippen molar-refractivity contribution < 1.29 is 9.53 Å². The third kappa shape index (κ3) is 3.13. The lowest BCUT2D eigenvalue weighted by molar-refractivity contribution is 0.102. The molecule has 4 heterocycles. The van der Waals surface area contributed by atoms with E-state index < -0.39 is 5.91 Å². The maximum absolute atomic E-state index is 12.9. The topological polar surface area (TPSA) is 111 Å². The van der Waals surface area contributed by atoms with Crippen molar-refractivity contribution in [3.05, 3.63) is 41.5 Å². The summed E-state index contributed by atoms with van der Waals surface area (Å²) in [4.78, 5) is 24.0. The summed E-state index contributed by atoms with van der Waals surface area (Å²) in [6.45, 7) is 6.10. The zero-order valence-corrected chi connectivity index (χ0v) is 16.1. The van der Waals surface area contributed by atoms with Gasteiger partial charge in [0.1, 0.15) is 17.0 Å². The first-order valence-corrected chi connectivity index (χ1v) is 9.18. The molecule has 0 saturated heterocycles. The molecule has 0 radical (unpaired) electrons. The number of carbonyl (C=O) groups is 1. The van der Waals surface area contributed by atoms with E-state index in [1.54, 1.807) is 16.8 Å². The van der Waals surface area contributed by atoms with Crippen molar-refractivity contribution in [3.63, 3.8) is 0 Å². The number of nitrogen functional groups attached to an aromatic ring is 1. The second-order valence-corrected chi connectivity index (χ2v) is 7.09. The first-order valence-electron chi connectivity index (χ1n) is 9.18. The van der Waals surface area contributed by atoms with E-state index in [-0.39, 0.29) is 11.4 Å². The lowest BCUT2D eigenvalue weighted by atomic mass is 10.1. The first-order chi connectivity index (χ1) is 13.5. The van der Waals surface area contributed by atoms with E-state index in [0.29, 0.717) is 23.1 Å². The normalized spacial score (nSPS) is 14.3. The molecule has 0 aliphatic carbocycles. The number of nitrogens with one attached hydrogen (secondary N) is 1. The summed E-state index contributed by atoms with van der Waals surface area (Å²) < 4.78 is 6.85. The van der Waals surface area contributed by atoms with Crippen LogP contribution in [0.5, 0.6) is 5.75 Å². The molecule has 0 unspecified atom stereocenters. The van der Waals surface area contributed by atoms with Crippen LogP contribution in [0, 0.1) is 0 Å². The second-order valence-electron chi connectivity index (χ2n) is 7.09. The summed E-state index contributed by atoms with van der Waals surface area (Å²) in [5.74, 6) is 0.249. The average molecular weight is 381 g/mol. The van der Waals surface area contributed by atoms with E-state index in [9.17, 15) is 4.79 Å². The van der Waals surface area contributed by atoms with Crippen LogP contribution in [0.4, 0.5) is 11.5 Å². The summed E-state index contributed by atoms with van der Waals surface area (Å²) in [5.41, 5.74) is 9.31. The number of pyridine rings is 1. The van der Waals surface area contributed by atoms with E-state index in [2.05, 4.69) is 34.1 Å². The molecule has 9 nitrogen and oxygen atoms in total. The van der Waals surface area contributed by atoms with Crippen LogP contribution in [0.25, 0.3) is 5.65 Å². The first kappa shape index (κ1) is 18.2. The van der Waals surface area contributed by atoms with Gasteiger partial charge in [-0.15, -0.1) is 5.10 Å². The van der Waals surface area contributed by atoms with E-state index in [1.807, 2.05) is 6.20 Å². The molecular formula is C19H23N7O2. The molecule has 146 valence electrons. The van der Waals surface area contributed by atoms with Gasteiger partial charge in [-0.25, -0.2) is 9.50 Å². The fraction of sp³-hybridized carbons (Fsp3) is 0.368. The van der Waals surface area contributed by atoms with Crippen LogP contribution in [-0.2, 0) is 13.0 Å². The largest absolute Gasteiger partial charge is 0.494 e. The molecule has 28 heavy (non-hydrogen) atoms. The molecule has 1 amide bonds. The lowest BCUT2D eigenvalue weighted by Crippen LogP contribution is -2.36. The van der Waals surface area contributed by atoms with Crippen LogP contribution in [0.15, 0.2) is 24.7 Å². The Balaban J connectivity index is 1.70. The van der Waals surface area contributed by atoms with Gasteiger partial charge in [0, 0.05) is 49.6 Å². The van der Waals surface area contributed by atoms with Gasteiger partial charge in [0.05, 0.1) is 19.0 Å². The van der Waals surface area contributed by atoms with Gasteiger partial charge >= 0.3 is 0 Å². The van der Waals surface area contributed by atoms with Crippen molar-refractivity contribution >= 4 is 23.1 Å². The quantitative estimate of drug-likeness (QED) is 0.708. The van der Waals surface area contributed by atoms with Gasteiger partial charge in [0.15, 0.2) is 11.5 Å². The minimum absolute atomic E-state index is 0.135. The summed E-state index contributed by atoms with van der Waals surface area (Å²) in [5, 5.41) is 7.09. The fourth-order valence-electron chi connectivity index (χ4n) is 3.45. The summed E-state index contributed by atoms with van der Waals surface area (Å²) in [7, 11) is 1.53. The third-order valence-corrected chi connectivity index (χ3v) is 5.02. The highest BCUT2D eigenvalue weighted by Gasteiger charge is 2.25. The van der Waals surface area contributed by atoms with Gasteiger partial charge in [-0.2, -0.15) is 0 Å².